The highest BCUT2D eigenvalue weighted by atomic mass is 32.2. The molecule has 47 heavy (non-hydrogen) atoms. The van der Waals surface area contributed by atoms with E-state index in [1.165, 1.54) is 25.8 Å². The quantitative estimate of drug-likeness (QED) is 0.323. The number of aromatic hydroxyl groups is 1. The number of phenols is 1. The summed E-state index contributed by atoms with van der Waals surface area (Å²) >= 11 is 1.39. The zero-order chi connectivity index (χ0) is 33.3. The molecule has 8 rings (SSSR count). The Balaban J connectivity index is 1.51. The molecule has 7 atom stereocenters. The molecule has 2 aromatic rings. The van der Waals surface area contributed by atoms with Crippen LogP contribution in [0.3, 0.4) is 0 Å². The molecule has 0 radical (unpaired) electrons. The summed E-state index contributed by atoms with van der Waals surface area (Å²) in [6.45, 7) is 6.47. The highest BCUT2D eigenvalue weighted by Gasteiger charge is 2.59. The molecular formula is C33H36N4O9S. The Kier molecular flexibility index (Phi) is 7.89. The van der Waals surface area contributed by atoms with Gasteiger partial charge in [0, 0.05) is 53.4 Å². The number of amides is 1. The van der Waals surface area contributed by atoms with E-state index in [-0.39, 0.29) is 43.3 Å². The topological polar surface area (TPSA) is 169 Å². The SMILES string of the molecule is CCC(=O)NC1CS[C@@H]2c3c(OC(C)=O)c(C)c4c(c3[C@@H](COC1=O)N1C2[C@@H]2N[C@@H](Cc3cc(C)c(OC)c(O)c32)[C@@H]1C#N)OCO4. The van der Waals surface area contributed by atoms with Crippen molar-refractivity contribution in [3.8, 4) is 34.8 Å². The van der Waals surface area contributed by atoms with Crippen LogP contribution in [0.5, 0.6) is 28.7 Å². The third-order valence-electron chi connectivity index (χ3n) is 9.81. The molecule has 1 amide bonds. The second-order valence-electron chi connectivity index (χ2n) is 12.4. The normalized spacial score (nSPS) is 28.6. The number of benzene rings is 2. The minimum atomic E-state index is -0.943. The zero-order valence-corrected chi connectivity index (χ0v) is 27.5. The minimum absolute atomic E-state index is 0.0218. The van der Waals surface area contributed by atoms with E-state index >= 15 is 0 Å². The van der Waals surface area contributed by atoms with Crippen molar-refractivity contribution in [3.63, 3.8) is 0 Å². The van der Waals surface area contributed by atoms with E-state index < -0.39 is 47.4 Å². The Morgan fingerprint density at radius 2 is 1.96 bits per heavy atom. The molecule has 6 aliphatic heterocycles. The Hall–Kier alpha value is -4.19. The summed E-state index contributed by atoms with van der Waals surface area (Å²) in [5.74, 6) is 0.306. The van der Waals surface area contributed by atoms with Crippen molar-refractivity contribution in [1.29, 1.82) is 5.26 Å². The number of nitriles is 1. The van der Waals surface area contributed by atoms with E-state index in [0.29, 0.717) is 51.7 Å². The van der Waals surface area contributed by atoms with E-state index in [1.54, 1.807) is 13.8 Å². The zero-order valence-electron chi connectivity index (χ0n) is 26.7. The van der Waals surface area contributed by atoms with Crippen LogP contribution in [0.25, 0.3) is 0 Å². The fourth-order valence-corrected chi connectivity index (χ4v) is 9.48. The first-order chi connectivity index (χ1) is 22.6. The lowest BCUT2D eigenvalue weighted by Gasteiger charge is -2.59. The molecule has 3 N–H and O–H groups in total. The third kappa shape index (κ3) is 4.77. The van der Waals surface area contributed by atoms with Crippen molar-refractivity contribution in [2.24, 2.45) is 0 Å². The molecule has 248 valence electrons. The molecule has 2 unspecified atom stereocenters. The van der Waals surface area contributed by atoms with Crippen molar-refractivity contribution < 1.29 is 43.2 Å². The van der Waals surface area contributed by atoms with E-state index in [9.17, 15) is 24.8 Å². The van der Waals surface area contributed by atoms with Gasteiger partial charge in [-0.25, -0.2) is 4.79 Å². The second-order valence-corrected chi connectivity index (χ2v) is 13.6. The van der Waals surface area contributed by atoms with Crippen molar-refractivity contribution in [2.45, 2.75) is 82.0 Å². The summed E-state index contributed by atoms with van der Waals surface area (Å²) in [6, 6.07) is 0.828. The number of methoxy groups -OCH3 is 1. The fraction of sp³-hybridized carbons (Fsp3) is 0.515. The summed E-state index contributed by atoms with van der Waals surface area (Å²) in [7, 11) is 1.51. The summed E-state index contributed by atoms with van der Waals surface area (Å²) in [5.41, 5.74) is 4.23. The number of fused-ring (bicyclic) bond motifs is 10. The standard InChI is InChI=1S/C33H36N4O9S/c1-6-21(39)35-18-11-47-32-24-23(31-30(44-12-45-31)14(3)29(24)46-15(4)38)20(10-43-33(18)41)37-19(9-34)17-8-16-7-13(2)28(42-5)27(40)22(16)25(36-17)26(32)37/h7,17-20,25-26,32,36,40H,6,8,10-12H2,1-5H3,(H,35,39)/t17-,18?,19-,20+,25+,26?,32+/m0/s1. The van der Waals surface area contributed by atoms with Crippen LogP contribution in [-0.4, -0.2) is 78.3 Å². The first kappa shape index (κ1) is 31.4. The lowest BCUT2D eigenvalue weighted by Crippen LogP contribution is -2.69. The number of carbonyl (C=O) groups excluding carboxylic acids is 3. The number of thioether (sulfide) groups is 1. The third-order valence-corrected chi connectivity index (χ3v) is 11.2. The Morgan fingerprint density at radius 3 is 2.66 bits per heavy atom. The lowest BCUT2D eigenvalue weighted by atomic mass is 9.72. The predicted octanol–water partition coefficient (Wildman–Crippen LogP) is 2.78. The molecular weight excluding hydrogens is 628 g/mol. The molecule has 0 aromatic heterocycles. The maximum atomic E-state index is 13.5. The van der Waals surface area contributed by atoms with Crippen molar-refractivity contribution >= 4 is 29.6 Å². The number of nitrogens with one attached hydrogen (secondary N) is 2. The molecule has 4 bridgehead atoms. The number of hydrogen-bond acceptors (Lipinski definition) is 13. The Labute approximate surface area is 275 Å². The molecule has 14 heteroatoms. The van der Waals surface area contributed by atoms with Crippen molar-refractivity contribution in [1.82, 2.24) is 15.5 Å². The van der Waals surface area contributed by atoms with Crippen LogP contribution >= 0.6 is 11.8 Å². The minimum Gasteiger partial charge on any atom is -0.504 e. The average molecular weight is 665 g/mol. The largest absolute Gasteiger partial charge is 0.504 e. The number of phenolic OH excluding ortho intramolecular Hbond substituents is 1. The van der Waals surface area contributed by atoms with Gasteiger partial charge in [0.25, 0.3) is 0 Å². The highest BCUT2D eigenvalue weighted by Crippen LogP contribution is 2.62. The van der Waals surface area contributed by atoms with Crippen LogP contribution in [0.4, 0.5) is 0 Å². The van der Waals surface area contributed by atoms with E-state index in [4.69, 9.17) is 23.7 Å². The number of ether oxygens (including phenoxy) is 5. The molecule has 2 saturated heterocycles. The van der Waals surface area contributed by atoms with Gasteiger partial charge in [-0.2, -0.15) is 5.26 Å². The van der Waals surface area contributed by atoms with Crippen LogP contribution in [-0.2, 0) is 25.5 Å². The number of carbonyl (C=O) groups is 3. The number of nitrogens with zero attached hydrogens (tertiary/aromatic N) is 2. The number of aryl methyl sites for hydroxylation is 1. The van der Waals surface area contributed by atoms with E-state index in [2.05, 4.69) is 21.6 Å². The van der Waals surface area contributed by atoms with Gasteiger partial charge in [-0.1, -0.05) is 13.0 Å². The highest BCUT2D eigenvalue weighted by molar-refractivity contribution is 7.99. The summed E-state index contributed by atoms with van der Waals surface area (Å²) in [6.07, 6.45) is 0.659. The second kappa shape index (κ2) is 11.8. The van der Waals surface area contributed by atoms with Crippen LogP contribution in [0.1, 0.15) is 71.0 Å². The van der Waals surface area contributed by atoms with Crippen LogP contribution in [0.15, 0.2) is 6.07 Å². The maximum absolute atomic E-state index is 13.5. The Morgan fingerprint density at radius 1 is 1.19 bits per heavy atom. The maximum Gasteiger partial charge on any atom is 0.329 e. The summed E-state index contributed by atoms with van der Waals surface area (Å²) in [4.78, 5) is 40.7. The first-order valence-electron chi connectivity index (χ1n) is 15.6. The van der Waals surface area contributed by atoms with Gasteiger partial charge in [-0.3, -0.25) is 14.5 Å². The van der Waals surface area contributed by atoms with Gasteiger partial charge in [0.05, 0.1) is 30.5 Å². The van der Waals surface area contributed by atoms with Gasteiger partial charge in [-0.15, -0.1) is 11.8 Å². The molecule has 13 nitrogen and oxygen atoms in total. The van der Waals surface area contributed by atoms with Crippen LogP contribution in [0, 0.1) is 25.2 Å². The average Bonchev–Trinajstić information content (AvgIpc) is 3.53. The lowest BCUT2D eigenvalue weighted by molar-refractivity contribution is -0.150. The molecule has 2 fully saturated rings. The first-order valence-corrected chi connectivity index (χ1v) is 16.7. The molecule has 0 spiro atoms. The van der Waals surface area contributed by atoms with E-state index in [1.807, 2.05) is 13.0 Å². The predicted molar refractivity (Wildman–Crippen MR) is 168 cm³/mol. The molecule has 6 aliphatic rings. The van der Waals surface area contributed by atoms with Gasteiger partial charge >= 0.3 is 11.9 Å². The van der Waals surface area contributed by atoms with Gasteiger partial charge in [0.1, 0.15) is 24.4 Å². The number of esters is 2. The molecule has 2 aromatic carbocycles. The van der Waals surface area contributed by atoms with E-state index in [0.717, 1.165) is 11.1 Å². The molecule has 6 heterocycles. The smallest absolute Gasteiger partial charge is 0.329 e. The summed E-state index contributed by atoms with van der Waals surface area (Å²) in [5, 5.41) is 28.4. The van der Waals surface area contributed by atoms with Crippen LogP contribution in [0.2, 0.25) is 0 Å². The number of hydrogen-bond donors (Lipinski definition) is 3. The molecule has 0 aliphatic carbocycles. The van der Waals surface area contributed by atoms with Gasteiger partial charge in [-0.05, 0) is 31.4 Å². The van der Waals surface area contributed by atoms with Gasteiger partial charge < -0.3 is 39.4 Å². The van der Waals surface area contributed by atoms with Crippen molar-refractivity contribution in [3.05, 3.63) is 39.4 Å². The Bertz CT molecular complexity index is 1740. The monoisotopic (exact) mass is 664 g/mol. The number of piperazine rings is 1. The van der Waals surface area contributed by atoms with Crippen LogP contribution < -0.4 is 29.6 Å². The van der Waals surface area contributed by atoms with Crippen molar-refractivity contribution in [2.75, 3.05) is 26.3 Å². The van der Waals surface area contributed by atoms with Gasteiger partial charge in [0.15, 0.2) is 23.0 Å². The summed E-state index contributed by atoms with van der Waals surface area (Å²) < 4.78 is 29.5. The molecule has 0 saturated carbocycles. The fourth-order valence-electron chi connectivity index (χ4n) is 7.97. The van der Waals surface area contributed by atoms with Gasteiger partial charge in [0.2, 0.25) is 12.7 Å². The number of rotatable bonds is 4.